The Bertz CT molecular complexity index is 1390. The minimum Gasteiger partial charge on any atom is -0.462 e. The molecule has 0 aliphatic carbocycles. The summed E-state index contributed by atoms with van der Waals surface area (Å²) in [5, 5.41) is 8.17. The van der Waals surface area contributed by atoms with Gasteiger partial charge in [0, 0.05) is 15.4 Å². The third kappa shape index (κ3) is 4.23. The van der Waals surface area contributed by atoms with Gasteiger partial charge in [-0.15, -0.1) is 0 Å². The van der Waals surface area contributed by atoms with E-state index in [1.54, 1.807) is 43.3 Å². The van der Waals surface area contributed by atoms with E-state index in [4.69, 9.17) is 32.4 Å². The smallest absolute Gasteiger partial charge is 0.349 e. The van der Waals surface area contributed by atoms with Crippen LogP contribution >= 0.6 is 23.2 Å². The first-order chi connectivity index (χ1) is 15.4. The van der Waals surface area contributed by atoms with E-state index < -0.39 is 17.5 Å². The van der Waals surface area contributed by atoms with Gasteiger partial charge in [-0.1, -0.05) is 23.2 Å². The van der Waals surface area contributed by atoms with Gasteiger partial charge in [-0.3, -0.25) is 4.79 Å². The van der Waals surface area contributed by atoms with E-state index in [0.29, 0.717) is 21.1 Å². The highest BCUT2D eigenvalue weighted by atomic mass is 35.5. The molecule has 0 aliphatic heterocycles. The fourth-order valence-electron chi connectivity index (χ4n) is 3.03. The molecule has 2 aromatic heterocycles. The number of ether oxygens (including phenoxy) is 1. The van der Waals surface area contributed by atoms with E-state index in [0.717, 1.165) is 0 Å². The van der Waals surface area contributed by atoms with Crippen LogP contribution in [0, 0.1) is 0 Å². The molecule has 2 aromatic carbocycles. The van der Waals surface area contributed by atoms with Crippen LogP contribution in [0.3, 0.4) is 0 Å². The summed E-state index contributed by atoms with van der Waals surface area (Å²) < 4.78 is 11.6. The summed E-state index contributed by atoms with van der Waals surface area (Å²) in [5.74, 6) is -1.44. The van der Waals surface area contributed by atoms with E-state index >= 15 is 0 Å². The van der Waals surface area contributed by atoms with Crippen molar-refractivity contribution in [1.82, 2.24) is 9.78 Å². The second-order valence-corrected chi connectivity index (χ2v) is 7.47. The third-order valence-corrected chi connectivity index (χ3v) is 4.99. The van der Waals surface area contributed by atoms with Gasteiger partial charge < -0.3 is 14.5 Å². The number of nitrogens with zero attached hydrogens (tertiary/aromatic N) is 2. The van der Waals surface area contributed by atoms with Gasteiger partial charge >= 0.3 is 11.6 Å². The van der Waals surface area contributed by atoms with Crippen molar-refractivity contribution < 1.29 is 18.7 Å². The highest BCUT2D eigenvalue weighted by Crippen LogP contribution is 2.24. The average Bonchev–Trinajstić information content (AvgIpc) is 3.17. The molecule has 0 saturated heterocycles. The molecule has 8 nitrogen and oxygen atoms in total. The number of aromatic nitrogens is 2. The second-order valence-electron chi connectivity index (χ2n) is 6.60. The van der Waals surface area contributed by atoms with Crippen molar-refractivity contribution in [2.45, 2.75) is 6.92 Å². The number of carbonyl (C=O) groups is 2. The summed E-state index contributed by atoms with van der Waals surface area (Å²) in [6.07, 6.45) is 1.27. The van der Waals surface area contributed by atoms with Crippen LogP contribution in [0.5, 0.6) is 0 Å². The summed E-state index contributed by atoms with van der Waals surface area (Å²) in [6.45, 7) is 1.79. The molecule has 1 amide bonds. The standard InChI is InChI=1S/C22H15Cl2N3O5/c1-2-31-21(29)17-11-25-27(15-6-3-13(23)4-7-15)19(17)26-20(28)16-10-12-9-14(24)5-8-18(12)32-22(16)30/h3-11H,2H2,1H3,(H,26,28). The second kappa shape index (κ2) is 8.86. The Labute approximate surface area is 191 Å². The molecular weight excluding hydrogens is 457 g/mol. The number of rotatable bonds is 5. The number of hydrogen-bond donors (Lipinski definition) is 1. The van der Waals surface area contributed by atoms with Gasteiger partial charge in [0.2, 0.25) is 0 Å². The Morgan fingerprint density at radius 1 is 1.06 bits per heavy atom. The number of nitrogens with one attached hydrogen (secondary N) is 1. The molecule has 0 unspecified atom stereocenters. The normalized spacial score (nSPS) is 10.8. The Kier molecular flexibility index (Phi) is 5.98. The molecule has 0 saturated carbocycles. The molecule has 162 valence electrons. The first-order valence-electron chi connectivity index (χ1n) is 9.43. The maximum Gasteiger partial charge on any atom is 0.349 e. The lowest BCUT2D eigenvalue weighted by Crippen LogP contribution is -2.23. The van der Waals surface area contributed by atoms with Crippen molar-refractivity contribution in [3.8, 4) is 5.69 Å². The molecule has 0 bridgehead atoms. The Morgan fingerprint density at radius 3 is 2.50 bits per heavy atom. The van der Waals surface area contributed by atoms with Crippen LogP contribution in [0.25, 0.3) is 16.7 Å². The minimum atomic E-state index is -0.840. The quantitative estimate of drug-likeness (QED) is 0.333. The maximum absolute atomic E-state index is 13.0. The van der Waals surface area contributed by atoms with Crippen molar-refractivity contribution in [2.75, 3.05) is 11.9 Å². The van der Waals surface area contributed by atoms with Crippen molar-refractivity contribution >= 4 is 51.9 Å². The molecule has 1 N–H and O–H groups in total. The number of fused-ring (bicyclic) bond motifs is 1. The van der Waals surface area contributed by atoms with Gasteiger partial charge in [-0.2, -0.15) is 5.10 Å². The Morgan fingerprint density at radius 2 is 1.78 bits per heavy atom. The van der Waals surface area contributed by atoms with Gasteiger partial charge in [0.15, 0.2) is 5.82 Å². The van der Waals surface area contributed by atoms with E-state index in [1.807, 2.05) is 0 Å². The van der Waals surface area contributed by atoms with Gasteiger partial charge in [0.1, 0.15) is 16.7 Å². The molecule has 10 heteroatoms. The third-order valence-electron chi connectivity index (χ3n) is 4.51. The Hall–Kier alpha value is -3.62. The van der Waals surface area contributed by atoms with E-state index in [1.165, 1.54) is 23.0 Å². The summed E-state index contributed by atoms with van der Waals surface area (Å²) in [6, 6.07) is 12.6. The number of esters is 1. The molecule has 0 aliphatic rings. The predicted molar refractivity (Wildman–Crippen MR) is 120 cm³/mol. The van der Waals surface area contributed by atoms with Crippen molar-refractivity contribution in [1.29, 1.82) is 0 Å². The minimum absolute atomic E-state index is 0.0170. The van der Waals surface area contributed by atoms with Gasteiger partial charge in [-0.05, 0) is 55.5 Å². The number of benzene rings is 2. The number of halogens is 2. The molecular formula is C22H15Cl2N3O5. The monoisotopic (exact) mass is 471 g/mol. The van der Waals surface area contributed by atoms with Crippen molar-refractivity contribution in [3.05, 3.63) is 86.3 Å². The maximum atomic E-state index is 13.0. The number of amides is 1. The predicted octanol–water partition coefficient (Wildman–Crippen LogP) is 4.71. The summed E-state index contributed by atoms with van der Waals surface area (Å²) in [7, 11) is 0. The highest BCUT2D eigenvalue weighted by Gasteiger charge is 2.23. The molecule has 0 radical (unpaired) electrons. The first kappa shape index (κ1) is 21.6. The van der Waals surface area contributed by atoms with Crippen LogP contribution in [0.4, 0.5) is 5.82 Å². The lowest BCUT2D eigenvalue weighted by molar-refractivity contribution is 0.0527. The van der Waals surface area contributed by atoms with E-state index in [2.05, 4.69) is 10.4 Å². The Balaban J connectivity index is 1.78. The van der Waals surface area contributed by atoms with E-state index in [-0.39, 0.29) is 29.1 Å². The zero-order chi connectivity index (χ0) is 22.8. The molecule has 4 aromatic rings. The highest BCUT2D eigenvalue weighted by molar-refractivity contribution is 6.31. The van der Waals surface area contributed by atoms with Crippen molar-refractivity contribution in [2.24, 2.45) is 0 Å². The fourth-order valence-corrected chi connectivity index (χ4v) is 3.34. The van der Waals surface area contributed by atoms with Crippen molar-refractivity contribution in [3.63, 3.8) is 0 Å². The summed E-state index contributed by atoms with van der Waals surface area (Å²) >= 11 is 11.9. The zero-order valence-electron chi connectivity index (χ0n) is 16.6. The molecule has 0 spiro atoms. The lowest BCUT2D eigenvalue weighted by Gasteiger charge is -2.11. The van der Waals surface area contributed by atoms with Gasteiger partial charge in [0.25, 0.3) is 5.91 Å². The molecule has 4 rings (SSSR count). The molecule has 32 heavy (non-hydrogen) atoms. The number of hydrogen-bond acceptors (Lipinski definition) is 6. The van der Waals surface area contributed by atoms with Gasteiger partial charge in [0.05, 0.1) is 18.5 Å². The van der Waals surface area contributed by atoms with Crippen LogP contribution in [0.1, 0.15) is 27.6 Å². The molecule has 0 atom stereocenters. The topological polar surface area (TPSA) is 103 Å². The van der Waals surface area contributed by atoms with Crippen LogP contribution < -0.4 is 10.9 Å². The van der Waals surface area contributed by atoms with Crippen LogP contribution in [0.15, 0.2) is 63.9 Å². The fraction of sp³-hybridized carbons (Fsp3) is 0.0909. The largest absolute Gasteiger partial charge is 0.462 e. The summed E-state index contributed by atoms with van der Waals surface area (Å²) in [5.41, 5.74) is -0.277. The number of anilines is 1. The van der Waals surface area contributed by atoms with Crippen LogP contribution in [0.2, 0.25) is 10.0 Å². The average molecular weight is 472 g/mol. The SMILES string of the molecule is CCOC(=O)c1cnn(-c2ccc(Cl)cc2)c1NC(=O)c1cc2cc(Cl)ccc2oc1=O. The first-order valence-corrected chi connectivity index (χ1v) is 10.2. The molecule has 0 fully saturated rings. The summed E-state index contributed by atoms with van der Waals surface area (Å²) in [4.78, 5) is 37.8. The lowest BCUT2D eigenvalue weighted by atomic mass is 10.1. The van der Waals surface area contributed by atoms with Crippen LogP contribution in [-0.4, -0.2) is 28.3 Å². The molecule has 2 heterocycles. The van der Waals surface area contributed by atoms with Gasteiger partial charge in [-0.25, -0.2) is 14.3 Å². The van der Waals surface area contributed by atoms with E-state index in [9.17, 15) is 14.4 Å². The zero-order valence-corrected chi connectivity index (χ0v) is 18.1. The van der Waals surface area contributed by atoms with Crippen LogP contribution in [-0.2, 0) is 4.74 Å². The number of carbonyl (C=O) groups excluding carboxylic acids is 2.